The first kappa shape index (κ1) is 13.8. The van der Waals surface area contributed by atoms with Gasteiger partial charge in [-0.1, -0.05) is 0 Å². The van der Waals surface area contributed by atoms with Crippen molar-refractivity contribution < 1.29 is 19.1 Å². The SMILES string of the molecule is CC(C)(C)OC(=O)NC1CCOCC1C(N)=O. The summed E-state index contributed by atoms with van der Waals surface area (Å²) in [7, 11) is 0. The molecule has 3 N–H and O–H groups in total. The minimum absolute atomic E-state index is 0.246. The van der Waals surface area contributed by atoms with Gasteiger partial charge in [0.1, 0.15) is 5.60 Å². The van der Waals surface area contributed by atoms with Crippen LogP contribution in [0.3, 0.4) is 0 Å². The van der Waals surface area contributed by atoms with Crippen LogP contribution in [0.15, 0.2) is 0 Å². The van der Waals surface area contributed by atoms with Gasteiger partial charge in [0.25, 0.3) is 0 Å². The third-order valence-corrected chi connectivity index (χ3v) is 2.42. The average molecular weight is 244 g/mol. The number of ether oxygens (including phenoxy) is 2. The largest absolute Gasteiger partial charge is 0.444 e. The van der Waals surface area contributed by atoms with E-state index in [0.717, 1.165) is 0 Å². The monoisotopic (exact) mass is 244 g/mol. The molecule has 0 saturated carbocycles. The van der Waals surface area contributed by atoms with E-state index >= 15 is 0 Å². The topological polar surface area (TPSA) is 90.7 Å². The van der Waals surface area contributed by atoms with Crippen molar-refractivity contribution in [1.29, 1.82) is 0 Å². The van der Waals surface area contributed by atoms with Crippen molar-refractivity contribution in [3.8, 4) is 0 Å². The van der Waals surface area contributed by atoms with Crippen molar-refractivity contribution in [3.63, 3.8) is 0 Å². The number of primary amides is 1. The Kier molecular flexibility index (Phi) is 4.34. The van der Waals surface area contributed by atoms with Crippen molar-refractivity contribution in [2.75, 3.05) is 13.2 Å². The lowest BCUT2D eigenvalue weighted by Crippen LogP contribution is -2.51. The van der Waals surface area contributed by atoms with Gasteiger partial charge in [-0.25, -0.2) is 4.79 Å². The molecule has 0 bridgehead atoms. The summed E-state index contributed by atoms with van der Waals surface area (Å²) in [4.78, 5) is 22.8. The Morgan fingerprint density at radius 1 is 1.41 bits per heavy atom. The van der Waals surface area contributed by atoms with Gasteiger partial charge in [0, 0.05) is 12.6 Å². The van der Waals surface area contributed by atoms with Gasteiger partial charge in [0.2, 0.25) is 5.91 Å². The van der Waals surface area contributed by atoms with Gasteiger partial charge < -0.3 is 20.5 Å². The standard InChI is InChI=1S/C11H20N2O4/c1-11(2,3)17-10(15)13-8-4-5-16-6-7(8)9(12)14/h7-8H,4-6H2,1-3H3,(H2,12,14)(H,13,15). The second-order valence-electron chi connectivity index (χ2n) is 5.13. The maximum absolute atomic E-state index is 11.6. The van der Waals surface area contributed by atoms with Crippen LogP contribution in [0.25, 0.3) is 0 Å². The van der Waals surface area contributed by atoms with Crippen LogP contribution in [0, 0.1) is 5.92 Å². The summed E-state index contributed by atoms with van der Waals surface area (Å²) in [5.74, 6) is -0.956. The maximum atomic E-state index is 11.6. The van der Waals surface area contributed by atoms with Crippen LogP contribution < -0.4 is 11.1 Å². The van der Waals surface area contributed by atoms with E-state index in [2.05, 4.69) is 5.32 Å². The molecular formula is C11H20N2O4. The predicted molar refractivity (Wildman–Crippen MR) is 61.3 cm³/mol. The first-order chi connectivity index (χ1) is 7.79. The van der Waals surface area contributed by atoms with Crippen LogP contribution in [-0.4, -0.2) is 36.9 Å². The summed E-state index contributed by atoms with van der Waals surface area (Å²) in [5.41, 5.74) is 4.69. The number of nitrogens with two attached hydrogens (primary N) is 1. The molecule has 1 rings (SSSR count). The molecule has 0 aliphatic carbocycles. The zero-order valence-electron chi connectivity index (χ0n) is 10.5. The van der Waals surface area contributed by atoms with Gasteiger partial charge in [-0.2, -0.15) is 0 Å². The number of rotatable bonds is 2. The summed E-state index contributed by atoms with van der Waals surface area (Å²) in [6, 6.07) is -0.309. The molecular weight excluding hydrogens is 224 g/mol. The Hall–Kier alpha value is -1.30. The Labute approximate surface area is 101 Å². The fourth-order valence-corrected chi connectivity index (χ4v) is 1.65. The van der Waals surface area contributed by atoms with Crippen molar-refractivity contribution >= 4 is 12.0 Å². The van der Waals surface area contributed by atoms with E-state index in [1.165, 1.54) is 0 Å². The molecule has 0 aromatic carbocycles. The van der Waals surface area contributed by atoms with Crippen LogP contribution in [0.4, 0.5) is 4.79 Å². The molecule has 2 atom stereocenters. The zero-order chi connectivity index (χ0) is 13.1. The molecule has 98 valence electrons. The summed E-state index contributed by atoms with van der Waals surface area (Å²) in [5, 5.41) is 2.66. The molecule has 6 heteroatoms. The highest BCUT2D eigenvalue weighted by Gasteiger charge is 2.32. The Bertz CT molecular complexity index is 298. The van der Waals surface area contributed by atoms with Crippen molar-refractivity contribution in [1.82, 2.24) is 5.32 Å². The Morgan fingerprint density at radius 2 is 2.06 bits per heavy atom. The first-order valence-corrected chi connectivity index (χ1v) is 5.66. The molecule has 0 aromatic rings. The van der Waals surface area contributed by atoms with E-state index in [1.54, 1.807) is 20.8 Å². The van der Waals surface area contributed by atoms with Crippen LogP contribution in [-0.2, 0) is 14.3 Å². The normalized spacial score (nSPS) is 25.1. The zero-order valence-corrected chi connectivity index (χ0v) is 10.5. The second kappa shape index (κ2) is 5.35. The van der Waals surface area contributed by atoms with Crippen molar-refractivity contribution in [2.45, 2.75) is 38.8 Å². The van der Waals surface area contributed by atoms with Crippen molar-refractivity contribution in [2.24, 2.45) is 11.7 Å². The van der Waals surface area contributed by atoms with Gasteiger partial charge in [-0.05, 0) is 27.2 Å². The highest BCUT2D eigenvalue weighted by atomic mass is 16.6. The number of hydrogen-bond donors (Lipinski definition) is 2. The van der Waals surface area contributed by atoms with Crippen LogP contribution in [0.2, 0.25) is 0 Å². The lowest BCUT2D eigenvalue weighted by Gasteiger charge is -2.30. The van der Waals surface area contributed by atoms with E-state index in [-0.39, 0.29) is 12.6 Å². The van der Waals surface area contributed by atoms with Gasteiger partial charge in [0.05, 0.1) is 12.5 Å². The highest BCUT2D eigenvalue weighted by molar-refractivity contribution is 5.79. The number of hydrogen-bond acceptors (Lipinski definition) is 4. The maximum Gasteiger partial charge on any atom is 0.407 e. The van der Waals surface area contributed by atoms with Gasteiger partial charge in [-0.15, -0.1) is 0 Å². The average Bonchev–Trinajstić information content (AvgIpc) is 2.14. The molecule has 0 radical (unpaired) electrons. The molecule has 1 fully saturated rings. The van der Waals surface area contributed by atoms with Gasteiger partial charge in [-0.3, -0.25) is 4.79 Å². The third kappa shape index (κ3) is 4.60. The Morgan fingerprint density at radius 3 is 2.59 bits per heavy atom. The summed E-state index contributed by atoms with van der Waals surface area (Å²) in [6.45, 7) is 6.09. The molecule has 2 unspecified atom stereocenters. The second-order valence-corrected chi connectivity index (χ2v) is 5.13. The molecule has 6 nitrogen and oxygen atoms in total. The fourth-order valence-electron chi connectivity index (χ4n) is 1.65. The summed E-state index contributed by atoms with van der Waals surface area (Å²) >= 11 is 0. The van der Waals surface area contributed by atoms with Gasteiger partial charge in [0.15, 0.2) is 0 Å². The molecule has 0 spiro atoms. The number of carbonyl (C=O) groups is 2. The van der Waals surface area contributed by atoms with E-state index < -0.39 is 23.5 Å². The molecule has 2 amide bonds. The minimum atomic E-state index is -0.558. The van der Waals surface area contributed by atoms with Crippen molar-refractivity contribution in [3.05, 3.63) is 0 Å². The lowest BCUT2D eigenvalue weighted by molar-refractivity contribution is -0.127. The van der Waals surface area contributed by atoms with E-state index in [0.29, 0.717) is 13.0 Å². The predicted octanol–water partition coefficient (Wildman–Crippen LogP) is 0.401. The molecule has 1 aliphatic rings. The number of alkyl carbamates (subject to hydrolysis) is 1. The molecule has 17 heavy (non-hydrogen) atoms. The van der Waals surface area contributed by atoms with E-state index in [1.807, 2.05) is 0 Å². The number of carbonyl (C=O) groups excluding carboxylic acids is 2. The van der Waals surface area contributed by atoms with Crippen LogP contribution in [0.1, 0.15) is 27.2 Å². The lowest BCUT2D eigenvalue weighted by atomic mass is 9.95. The van der Waals surface area contributed by atoms with Crippen LogP contribution in [0.5, 0.6) is 0 Å². The first-order valence-electron chi connectivity index (χ1n) is 5.66. The van der Waals surface area contributed by atoms with E-state index in [4.69, 9.17) is 15.2 Å². The fraction of sp³-hybridized carbons (Fsp3) is 0.818. The molecule has 1 saturated heterocycles. The number of amides is 2. The quantitative estimate of drug-likeness (QED) is 0.735. The molecule has 0 aromatic heterocycles. The highest BCUT2D eigenvalue weighted by Crippen LogP contribution is 2.15. The smallest absolute Gasteiger partial charge is 0.407 e. The minimum Gasteiger partial charge on any atom is -0.444 e. The number of nitrogens with one attached hydrogen (secondary N) is 1. The van der Waals surface area contributed by atoms with E-state index in [9.17, 15) is 9.59 Å². The molecule has 1 heterocycles. The Balaban J connectivity index is 2.53. The third-order valence-electron chi connectivity index (χ3n) is 2.42. The van der Waals surface area contributed by atoms with Crippen LogP contribution >= 0.6 is 0 Å². The summed E-state index contributed by atoms with van der Waals surface area (Å²) < 4.78 is 10.3. The van der Waals surface area contributed by atoms with Gasteiger partial charge >= 0.3 is 6.09 Å². The summed E-state index contributed by atoms with van der Waals surface area (Å²) in [6.07, 6.45) is 0.0305. The molecule has 1 aliphatic heterocycles.